The highest BCUT2D eigenvalue weighted by Gasteiger charge is 2.34. The number of thiocarbonyl (C=S) groups is 1. The van der Waals surface area contributed by atoms with Crippen molar-refractivity contribution in [1.29, 1.82) is 0 Å². The number of hydrogen-bond acceptors (Lipinski definition) is 2. The van der Waals surface area contributed by atoms with Gasteiger partial charge in [-0.25, -0.2) is 0 Å². The Labute approximate surface area is 90.6 Å². The normalized spacial score (nSPS) is 17.6. The van der Waals surface area contributed by atoms with Crippen molar-refractivity contribution in [3.05, 3.63) is 0 Å². The smallest absolute Gasteiger partial charge is 0.226 e. The molecule has 80 valence electrons. The molecule has 0 aromatic heterocycles. The van der Waals surface area contributed by atoms with Crippen molar-refractivity contribution in [2.45, 2.75) is 26.7 Å². The molecule has 2 N–H and O–H groups in total. The van der Waals surface area contributed by atoms with Crippen LogP contribution in [0.1, 0.15) is 26.7 Å². The number of amides is 1. The second kappa shape index (κ2) is 4.73. The third kappa shape index (κ3) is 2.94. The lowest BCUT2D eigenvalue weighted by molar-refractivity contribution is -0.134. The van der Waals surface area contributed by atoms with Crippen molar-refractivity contribution in [3.63, 3.8) is 0 Å². The van der Waals surface area contributed by atoms with Crippen molar-refractivity contribution in [3.8, 4) is 0 Å². The first-order chi connectivity index (χ1) is 6.56. The molecule has 0 heterocycles. The van der Waals surface area contributed by atoms with Gasteiger partial charge in [-0.1, -0.05) is 19.1 Å². The van der Waals surface area contributed by atoms with Crippen LogP contribution in [-0.4, -0.2) is 28.9 Å². The second-order valence-corrected chi connectivity index (χ2v) is 4.47. The molecule has 1 atom stereocenters. The van der Waals surface area contributed by atoms with E-state index in [1.807, 2.05) is 13.8 Å². The van der Waals surface area contributed by atoms with Crippen LogP contribution in [0, 0.1) is 11.8 Å². The zero-order valence-electron chi connectivity index (χ0n) is 8.82. The van der Waals surface area contributed by atoms with Crippen molar-refractivity contribution in [1.82, 2.24) is 4.90 Å². The van der Waals surface area contributed by atoms with Gasteiger partial charge >= 0.3 is 0 Å². The maximum Gasteiger partial charge on any atom is 0.226 e. The third-order valence-corrected chi connectivity index (χ3v) is 2.89. The number of rotatable bonds is 5. The van der Waals surface area contributed by atoms with Gasteiger partial charge in [0.1, 0.15) is 0 Å². The molecule has 0 aromatic carbocycles. The molecule has 0 radical (unpaired) electrons. The van der Waals surface area contributed by atoms with Crippen LogP contribution in [0.4, 0.5) is 0 Å². The molecule has 0 spiro atoms. The van der Waals surface area contributed by atoms with Gasteiger partial charge in [-0.15, -0.1) is 0 Å². The lowest BCUT2D eigenvalue weighted by Gasteiger charge is -2.23. The molecule has 0 aliphatic heterocycles. The van der Waals surface area contributed by atoms with Gasteiger partial charge in [0.25, 0.3) is 0 Å². The van der Waals surface area contributed by atoms with E-state index in [-0.39, 0.29) is 11.8 Å². The van der Waals surface area contributed by atoms with Crippen molar-refractivity contribution < 1.29 is 4.79 Å². The van der Waals surface area contributed by atoms with E-state index in [2.05, 4.69) is 0 Å². The van der Waals surface area contributed by atoms with Crippen LogP contribution in [0.15, 0.2) is 0 Å². The van der Waals surface area contributed by atoms with E-state index >= 15 is 0 Å². The maximum absolute atomic E-state index is 11.9. The fraction of sp³-hybridized carbons (Fsp3) is 0.800. The number of carbonyl (C=O) groups excluding carboxylic acids is 1. The summed E-state index contributed by atoms with van der Waals surface area (Å²) >= 11 is 4.81. The summed E-state index contributed by atoms with van der Waals surface area (Å²) in [6.07, 6.45) is 2.38. The number of nitrogens with zero attached hydrogens (tertiary/aromatic N) is 1. The van der Waals surface area contributed by atoms with Gasteiger partial charge in [-0.05, 0) is 25.7 Å². The summed E-state index contributed by atoms with van der Waals surface area (Å²) in [5, 5.41) is 0. The molecular weight excluding hydrogens is 196 g/mol. The van der Waals surface area contributed by atoms with Gasteiger partial charge in [-0.3, -0.25) is 4.79 Å². The Hall–Kier alpha value is -0.640. The topological polar surface area (TPSA) is 46.3 Å². The number of carbonyl (C=O) groups is 1. The molecule has 1 fully saturated rings. The van der Waals surface area contributed by atoms with E-state index in [1.54, 1.807) is 4.90 Å². The van der Waals surface area contributed by atoms with Gasteiger partial charge in [0, 0.05) is 12.5 Å². The quantitative estimate of drug-likeness (QED) is 0.699. The van der Waals surface area contributed by atoms with E-state index in [9.17, 15) is 4.79 Å². The largest absolute Gasteiger partial charge is 0.392 e. The lowest BCUT2D eigenvalue weighted by Crippen LogP contribution is -2.40. The molecule has 3 nitrogen and oxygen atoms in total. The molecule has 14 heavy (non-hydrogen) atoms. The average Bonchev–Trinajstić information content (AvgIpc) is 2.94. The van der Waals surface area contributed by atoms with E-state index in [1.165, 1.54) is 12.8 Å². The van der Waals surface area contributed by atoms with Crippen LogP contribution < -0.4 is 5.73 Å². The van der Waals surface area contributed by atoms with Crippen LogP contribution >= 0.6 is 12.2 Å². The minimum atomic E-state index is 0.143. The van der Waals surface area contributed by atoms with Gasteiger partial charge < -0.3 is 10.6 Å². The standard InChI is InChI=1S/C10H18N2OS/c1-3-12(6-9(11)14)10(13)7(2)8-4-5-8/h7-8H,3-6H2,1-2H3,(H2,11,14). The maximum atomic E-state index is 11.9. The molecule has 1 aliphatic rings. The number of hydrogen-bond donors (Lipinski definition) is 1. The SMILES string of the molecule is CCN(CC(N)=S)C(=O)C(C)C1CC1. The summed E-state index contributed by atoms with van der Waals surface area (Å²) in [7, 11) is 0. The predicted octanol–water partition coefficient (Wildman–Crippen LogP) is 1.17. The molecule has 0 saturated heterocycles. The molecule has 1 rings (SSSR count). The van der Waals surface area contributed by atoms with Gasteiger partial charge in [0.15, 0.2) is 0 Å². The zero-order chi connectivity index (χ0) is 10.7. The Morgan fingerprint density at radius 3 is 2.57 bits per heavy atom. The highest BCUT2D eigenvalue weighted by molar-refractivity contribution is 7.80. The minimum absolute atomic E-state index is 0.143. The summed E-state index contributed by atoms with van der Waals surface area (Å²) < 4.78 is 0. The monoisotopic (exact) mass is 214 g/mol. The Morgan fingerprint density at radius 1 is 1.64 bits per heavy atom. The summed E-state index contributed by atoms with van der Waals surface area (Å²) in [6, 6.07) is 0. The average molecular weight is 214 g/mol. The Balaban J connectivity index is 2.49. The Kier molecular flexibility index (Phi) is 3.86. The highest BCUT2D eigenvalue weighted by Crippen LogP contribution is 2.37. The fourth-order valence-electron chi connectivity index (χ4n) is 1.62. The molecule has 0 aromatic rings. The highest BCUT2D eigenvalue weighted by atomic mass is 32.1. The summed E-state index contributed by atoms with van der Waals surface area (Å²) in [6.45, 7) is 5.06. The third-order valence-electron chi connectivity index (χ3n) is 2.76. The van der Waals surface area contributed by atoms with Crippen LogP contribution in [0.3, 0.4) is 0 Å². The molecule has 4 heteroatoms. The van der Waals surface area contributed by atoms with Crippen molar-refractivity contribution in [2.24, 2.45) is 17.6 Å². The summed E-state index contributed by atoms with van der Waals surface area (Å²) in [5.74, 6) is 0.940. The lowest BCUT2D eigenvalue weighted by atomic mass is 10.1. The van der Waals surface area contributed by atoms with Crippen LogP contribution in [0.2, 0.25) is 0 Å². The van der Waals surface area contributed by atoms with Crippen molar-refractivity contribution >= 4 is 23.1 Å². The van der Waals surface area contributed by atoms with Crippen LogP contribution in [0.25, 0.3) is 0 Å². The van der Waals surface area contributed by atoms with Gasteiger partial charge in [0.2, 0.25) is 5.91 Å². The van der Waals surface area contributed by atoms with Gasteiger partial charge in [0.05, 0.1) is 11.5 Å². The van der Waals surface area contributed by atoms with Crippen molar-refractivity contribution in [2.75, 3.05) is 13.1 Å². The minimum Gasteiger partial charge on any atom is -0.392 e. The molecule has 1 aliphatic carbocycles. The van der Waals surface area contributed by atoms with E-state index in [0.717, 1.165) is 0 Å². The first-order valence-corrected chi connectivity index (χ1v) is 5.54. The number of nitrogens with two attached hydrogens (primary N) is 1. The summed E-state index contributed by atoms with van der Waals surface area (Å²) in [4.78, 5) is 14.0. The molecule has 0 bridgehead atoms. The van der Waals surface area contributed by atoms with E-state index < -0.39 is 0 Å². The van der Waals surface area contributed by atoms with E-state index in [4.69, 9.17) is 18.0 Å². The molecule has 1 amide bonds. The summed E-state index contributed by atoms with van der Waals surface area (Å²) in [5.41, 5.74) is 5.44. The first kappa shape index (κ1) is 11.4. The molecule has 1 unspecified atom stereocenters. The second-order valence-electron chi connectivity index (χ2n) is 3.94. The molecule has 1 saturated carbocycles. The number of likely N-dealkylation sites (N-methyl/N-ethyl adjacent to an activating group) is 1. The van der Waals surface area contributed by atoms with Gasteiger partial charge in [-0.2, -0.15) is 0 Å². The fourth-order valence-corrected chi connectivity index (χ4v) is 1.78. The van der Waals surface area contributed by atoms with Crippen LogP contribution in [0.5, 0.6) is 0 Å². The Morgan fingerprint density at radius 2 is 2.21 bits per heavy atom. The first-order valence-electron chi connectivity index (χ1n) is 5.13. The van der Waals surface area contributed by atoms with E-state index in [0.29, 0.717) is 24.0 Å². The predicted molar refractivity (Wildman–Crippen MR) is 60.9 cm³/mol. The Bertz CT molecular complexity index is 238. The molecular formula is C10H18N2OS. The zero-order valence-corrected chi connectivity index (χ0v) is 9.64. The van der Waals surface area contributed by atoms with Crippen LogP contribution in [-0.2, 0) is 4.79 Å².